The highest BCUT2D eigenvalue weighted by atomic mass is 31.2. The molecule has 0 aliphatic rings. The standard InChI is InChI=1S/C4H7N2O3P/c1-9-10(7,8)6-3-2-5-4-6/h2-4H,1H3,(H,7,8)/p-1. The maximum atomic E-state index is 10.8. The van der Waals surface area contributed by atoms with Crippen LogP contribution >= 0.6 is 7.75 Å². The number of nitrogens with zero attached hydrogens (tertiary/aromatic N) is 2. The van der Waals surface area contributed by atoms with Crippen molar-refractivity contribution in [2.75, 3.05) is 7.11 Å². The number of hydrogen-bond donors (Lipinski definition) is 0. The molecule has 1 aromatic rings. The van der Waals surface area contributed by atoms with E-state index in [0.29, 0.717) is 0 Å². The molecule has 0 saturated carbocycles. The van der Waals surface area contributed by atoms with Crippen molar-refractivity contribution in [3.63, 3.8) is 0 Å². The maximum Gasteiger partial charge on any atom is 0.237 e. The Morgan fingerprint density at radius 3 is 2.90 bits per heavy atom. The summed E-state index contributed by atoms with van der Waals surface area (Å²) in [6.07, 6.45) is 3.83. The molecule has 10 heavy (non-hydrogen) atoms. The summed E-state index contributed by atoms with van der Waals surface area (Å²) in [6, 6.07) is 0. The Morgan fingerprint density at radius 2 is 2.50 bits per heavy atom. The molecule has 0 amide bonds. The Balaban J connectivity index is 2.97. The Morgan fingerprint density at radius 1 is 1.80 bits per heavy atom. The fraction of sp³-hybridized carbons (Fsp3) is 0.250. The second-order valence-corrected chi connectivity index (χ2v) is 3.36. The fourth-order valence-electron chi connectivity index (χ4n) is 0.491. The molecule has 0 aromatic carbocycles. The summed E-state index contributed by atoms with van der Waals surface area (Å²) in [5.74, 6) is 0. The van der Waals surface area contributed by atoms with Crippen LogP contribution in [-0.2, 0) is 9.09 Å². The van der Waals surface area contributed by atoms with Crippen molar-refractivity contribution in [1.29, 1.82) is 0 Å². The van der Waals surface area contributed by atoms with Gasteiger partial charge in [0.25, 0.3) is 0 Å². The molecule has 0 fully saturated rings. The molecule has 1 aromatic heterocycles. The Bertz CT molecular complexity index is 245. The number of rotatable bonds is 2. The largest absolute Gasteiger partial charge is 0.761 e. The van der Waals surface area contributed by atoms with Crippen molar-refractivity contribution in [3.8, 4) is 0 Å². The lowest BCUT2D eigenvalue weighted by Crippen LogP contribution is -2.09. The highest BCUT2D eigenvalue weighted by molar-refractivity contribution is 7.49. The van der Waals surface area contributed by atoms with E-state index in [-0.39, 0.29) is 0 Å². The summed E-state index contributed by atoms with van der Waals surface area (Å²) in [5, 5.41) is 0. The third-order valence-corrected chi connectivity index (χ3v) is 2.27. The minimum absolute atomic E-state index is 0.910. The first-order valence-corrected chi connectivity index (χ1v) is 4.02. The van der Waals surface area contributed by atoms with E-state index in [1.165, 1.54) is 12.4 Å². The molecule has 1 atom stereocenters. The molecule has 6 heteroatoms. The first-order chi connectivity index (χ1) is 4.67. The Labute approximate surface area is 57.9 Å². The summed E-state index contributed by atoms with van der Waals surface area (Å²) in [7, 11) is -2.77. The van der Waals surface area contributed by atoms with Crippen molar-refractivity contribution in [3.05, 3.63) is 18.7 Å². The quantitative estimate of drug-likeness (QED) is 0.565. The zero-order valence-electron chi connectivity index (χ0n) is 5.30. The molecule has 1 heterocycles. The molecule has 56 valence electrons. The second-order valence-electron chi connectivity index (χ2n) is 1.59. The van der Waals surface area contributed by atoms with Gasteiger partial charge >= 0.3 is 0 Å². The first kappa shape index (κ1) is 7.47. The van der Waals surface area contributed by atoms with Gasteiger partial charge in [0.05, 0.1) is 0 Å². The monoisotopic (exact) mass is 161 g/mol. The predicted molar refractivity (Wildman–Crippen MR) is 32.2 cm³/mol. The normalized spacial score (nSPS) is 16.6. The summed E-state index contributed by atoms with van der Waals surface area (Å²) >= 11 is 0. The lowest BCUT2D eigenvalue weighted by molar-refractivity contribution is -0.199. The molecule has 1 unspecified atom stereocenters. The first-order valence-electron chi connectivity index (χ1n) is 2.52. The molecule has 0 spiro atoms. The fourth-order valence-corrected chi connectivity index (χ4v) is 1.09. The van der Waals surface area contributed by atoms with Crippen molar-refractivity contribution in [1.82, 2.24) is 9.32 Å². The van der Waals surface area contributed by atoms with E-state index in [0.717, 1.165) is 17.8 Å². The van der Waals surface area contributed by atoms with Crippen molar-refractivity contribution in [2.24, 2.45) is 0 Å². The smallest absolute Gasteiger partial charge is 0.237 e. The number of imidazole rings is 1. The van der Waals surface area contributed by atoms with Gasteiger partial charge < -0.3 is 9.42 Å². The van der Waals surface area contributed by atoms with Gasteiger partial charge in [-0.2, -0.15) is 0 Å². The van der Waals surface area contributed by atoms with Crippen molar-refractivity contribution < 1.29 is 14.0 Å². The van der Waals surface area contributed by atoms with Crippen LogP contribution in [0.2, 0.25) is 0 Å². The van der Waals surface area contributed by atoms with Crippen LogP contribution < -0.4 is 4.89 Å². The molecule has 0 bridgehead atoms. The van der Waals surface area contributed by atoms with Gasteiger partial charge in [0.2, 0.25) is 7.75 Å². The lowest BCUT2D eigenvalue weighted by atomic mass is 11.0. The summed E-state index contributed by atoms with van der Waals surface area (Å²) < 4.78 is 15.9. The molecule has 0 N–H and O–H groups in total. The summed E-state index contributed by atoms with van der Waals surface area (Å²) in [5.41, 5.74) is 0. The predicted octanol–water partition coefficient (Wildman–Crippen LogP) is -0.154. The van der Waals surface area contributed by atoms with Crippen LogP contribution in [0.4, 0.5) is 0 Å². The van der Waals surface area contributed by atoms with Gasteiger partial charge in [-0.3, -0.25) is 8.90 Å². The Kier molecular flexibility index (Phi) is 1.89. The minimum Gasteiger partial charge on any atom is -0.761 e. The van der Waals surface area contributed by atoms with Gasteiger partial charge in [0, 0.05) is 19.5 Å². The van der Waals surface area contributed by atoms with Crippen LogP contribution in [0.1, 0.15) is 0 Å². The molecule has 0 saturated heterocycles. The van der Waals surface area contributed by atoms with E-state index in [9.17, 15) is 9.46 Å². The van der Waals surface area contributed by atoms with Gasteiger partial charge in [0.15, 0.2) is 0 Å². The summed E-state index contributed by atoms with van der Waals surface area (Å²) in [6.45, 7) is 0. The third kappa shape index (κ3) is 1.26. The Hall–Kier alpha value is -0.640. The van der Waals surface area contributed by atoms with Gasteiger partial charge in [0.1, 0.15) is 6.33 Å². The molecule has 0 radical (unpaired) electrons. The molecule has 0 aliphatic heterocycles. The molecule has 0 aliphatic carbocycles. The average Bonchev–Trinajstić information content (AvgIpc) is 2.38. The van der Waals surface area contributed by atoms with E-state index in [4.69, 9.17) is 0 Å². The zero-order chi connectivity index (χ0) is 7.61. The van der Waals surface area contributed by atoms with Gasteiger partial charge in [-0.1, -0.05) is 0 Å². The number of hydrogen-bond acceptors (Lipinski definition) is 4. The highest BCUT2D eigenvalue weighted by Crippen LogP contribution is 2.36. The molecule has 5 nitrogen and oxygen atoms in total. The van der Waals surface area contributed by atoms with Crippen molar-refractivity contribution >= 4 is 7.75 Å². The topological polar surface area (TPSA) is 67.2 Å². The summed E-state index contributed by atoms with van der Waals surface area (Å²) in [4.78, 5) is 14.3. The molecular weight excluding hydrogens is 155 g/mol. The second kappa shape index (κ2) is 2.54. The highest BCUT2D eigenvalue weighted by Gasteiger charge is 2.05. The number of aromatic nitrogens is 2. The minimum atomic E-state index is -3.87. The third-order valence-electron chi connectivity index (χ3n) is 1.00. The van der Waals surface area contributed by atoms with E-state index in [1.807, 2.05) is 0 Å². The van der Waals surface area contributed by atoms with E-state index < -0.39 is 7.75 Å². The SMILES string of the molecule is COP(=O)([O-])n1ccnc1. The van der Waals surface area contributed by atoms with Crippen LogP contribution in [0.25, 0.3) is 0 Å². The van der Waals surface area contributed by atoms with Gasteiger partial charge in [-0.05, 0) is 0 Å². The van der Waals surface area contributed by atoms with Crippen LogP contribution in [-0.4, -0.2) is 16.4 Å². The zero-order valence-corrected chi connectivity index (χ0v) is 6.19. The average molecular weight is 161 g/mol. The lowest BCUT2D eigenvalue weighted by Gasteiger charge is -2.20. The van der Waals surface area contributed by atoms with Gasteiger partial charge in [-0.15, -0.1) is 0 Å². The van der Waals surface area contributed by atoms with E-state index >= 15 is 0 Å². The van der Waals surface area contributed by atoms with E-state index in [1.54, 1.807) is 0 Å². The van der Waals surface area contributed by atoms with Crippen LogP contribution in [0.3, 0.4) is 0 Å². The van der Waals surface area contributed by atoms with Gasteiger partial charge in [-0.25, -0.2) is 4.98 Å². The van der Waals surface area contributed by atoms with E-state index in [2.05, 4.69) is 9.51 Å². The van der Waals surface area contributed by atoms with Crippen LogP contribution in [0.5, 0.6) is 0 Å². The maximum absolute atomic E-state index is 10.8. The molecule has 1 rings (SSSR count). The van der Waals surface area contributed by atoms with Crippen LogP contribution in [0, 0.1) is 0 Å². The van der Waals surface area contributed by atoms with Crippen LogP contribution in [0.15, 0.2) is 18.7 Å². The van der Waals surface area contributed by atoms with Crippen molar-refractivity contribution in [2.45, 2.75) is 0 Å². The molecular formula is C4H6N2O3P-.